The summed E-state index contributed by atoms with van der Waals surface area (Å²) in [5.41, 5.74) is 0. The summed E-state index contributed by atoms with van der Waals surface area (Å²) < 4.78 is 5.74. The molecule has 2 heterocycles. The van der Waals surface area contributed by atoms with Gasteiger partial charge in [-0.05, 0) is 37.1 Å². The van der Waals surface area contributed by atoms with Crippen LogP contribution in [0.15, 0.2) is 17.5 Å². The van der Waals surface area contributed by atoms with Gasteiger partial charge in [-0.2, -0.15) is 0 Å². The predicted molar refractivity (Wildman–Crippen MR) is 101 cm³/mol. The minimum Gasteiger partial charge on any atom is -0.372 e. The summed E-state index contributed by atoms with van der Waals surface area (Å²) in [6.45, 7) is 2.69. The fraction of sp³-hybridized carbons (Fsp3) is 0.684. The number of amides is 3. The van der Waals surface area contributed by atoms with E-state index in [-0.39, 0.29) is 30.6 Å². The smallest absolute Gasteiger partial charge is 0.321 e. The lowest BCUT2D eigenvalue weighted by molar-refractivity contribution is -0.908. The lowest BCUT2D eigenvalue weighted by Crippen LogP contribution is -3.13. The largest absolute Gasteiger partial charge is 0.372 e. The van der Waals surface area contributed by atoms with E-state index in [0.29, 0.717) is 0 Å². The molecule has 1 aromatic heterocycles. The zero-order valence-electron chi connectivity index (χ0n) is 15.3. The normalized spacial score (nSPS) is 22.1. The van der Waals surface area contributed by atoms with Crippen LogP contribution in [0.4, 0.5) is 4.79 Å². The van der Waals surface area contributed by atoms with Crippen molar-refractivity contribution >= 4 is 23.3 Å². The van der Waals surface area contributed by atoms with Gasteiger partial charge < -0.3 is 15.0 Å². The molecule has 1 saturated carbocycles. The van der Waals surface area contributed by atoms with Crippen LogP contribution in [0.1, 0.15) is 49.8 Å². The van der Waals surface area contributed by atoms with Crippen LogP contribution in [0.25, 0.3) is 0 Å². The Morgan fingerprint density at radius 3 is 2.73 bits per heavy atom. The third-order valence-corrected chi connectivity index (χ3v) is 6.02. The third kappa shape index (κ3) is 6.37. The van der Waals surface area contributed by atoms with Gasteiger partial charge in [0.2, 0.25) is 0 Å². The van der Waals surface area contributed by atoms with Crippen LogP contribution >= 0.6 is 11.3 Å². The highest BCUT2D eigenvalue weighted by molar-refractivity contribution is 7.09. The number of hydrogen-bond donors (Lipinski definition) is 3. The van der Waals surface area contributed by atoms with Crippen molar-refractivity contribution in [2.45, 2.75) is 63.6 Å². The summed E-state index contributed by atoms with van der Waals surface area (Å²) in [6, 6.07) is 3.97. The maximum absolute atomic E-state index is 12.4. The number of carbonyl (C=O) groups excluding carboxylic acids is 2. The molecule has 0 bridgehead atoms. The number of urea groups is 1. The van der Waals surface area contributed by atoms with Gasteiger partial charge in [-0.25, -0.2) is 4.79 Å². The summed E-state index contributed by atoms with van der Waals surface area (Å²) in [5, 5.41) is 7.51. The van der Waals surface area contributed by atoms with Crippen LogP contribution in [-0.2, 0) is 16.1 Å². The molecule has 3 rings (SSSR count). The molecule has 2 fully saturated rings. The average molecular weight is 381 g/mol. The van der Waals surface area contributed by atoms with Crippen molar-refractivity contribution in [2.75, 3.05) is 19.7 Å². The Hall–Kier alpha value is -1.44. The fourth-order valence-electron chi connectivity index (χ4n) is 3.86. The van der Waals surface area contributed by atoms with E-state index >= 15 is 0 Å². The number of thiophene rings is 1. The second kappa shape index (κ2) is 10.0. The first-order valence-corrected chi connectivity index (χ1v) is 10.6. The molecule has 0 aromatic carbocycles. The molecule has 6 nitrogen and oxygen atoms in total. The lowest BCUT2D eigenvalue weighted by Gasteiger charge is -2.23. The number of hydrogen-bond acceptors (Lipinski definition) is 4. The van der Waals surface area contributed by atoms with E-state index in [2.05, 4.69) is 22.1 Å². The molecule has 1 aliphatic carbocycles. The van der Waals surface area contributed by atoms with Gasteiger partial charge in [0.25, 0.3) is 5.91 Å². The van der Waals surface area contributed by atoms with E-state index in [1.807, 2.05) is 6.07 Å². The zero-order chi connectivity index (χ0) is 18.2. The van der Waals surface area contributed by atoms with Gasteiger partial charge in [-0.1, -0.05) is 25.3 Å². The summed E-state index contributed by atoms with van der Waals surface area (Å²) in [7, 11) is 0. The highest BCUT2D eigenvalue weighted by Gasteiger charge is 2.25. The Kier molecular flexibility index (Phi) is 7.46. The van der Waals surface area contributed by atoms with Gasteiger partial charge in [0.15, 0.2) is 6.54 Å². The van der Waals surface area contributed by atoms with Gasteiger partial charge in [0.05, 0.1) is 4.88 Å². The topological polar surface area (TPSA) is 71.9 Å². The van der Waals surface area contributed by atoms with E-state index in [1.54, 1.807) is 11.3 Å². The number of rotatable bonds is 7. The van der Waals surface area contributed by atoms with Crippen molar-refractivity contribution in [3.8, 4) is 0 Å². The summed E-state index contributed by atoms with van der Waals surface area (Å²) in [4.78, 5) is 26.9. The van der Waals surface area contributed by atoms with E-state index in [4.69, 9.17) is 4.74 Å². The van der Waals surface area contributed by atoms with Crippen molar-refractivity contribution in [3.63, 3.8) is 0 Å². The Labute approximate surface area is 159 Å². The molecule has 144 valence electrons. The second-order valence-electron chi connectivity index (χ2n) is 7.38. The molecular weight excluding hydrogens is 350 g/mol. The Morgan fingerprint density at radius 2 is 2.04 bits per heavy atom. The maximum atomic E-state index is 12.4. The van der Waals surface area contributed by atoms with Crippen molar-refractivity contribution in [3.05, 3.63) is 22.4 Å². The molecule has 1 aromatic rings. The minimum atomic E-state index is -0.352. The van der Waals surface area contributed by atoms with Gasteiger partial charge in [0.1, 0.15) is 19.2 Å². The van der Waals surface area contributed by atoms with Crippen LogP contribution in [0.5, 0.6) is 0 Å². The molecule has 7 heteroatoms. The molecule has 1 aliphatic heterocycles. The molecule has 2 aliphatic rings. The van der Waals surface area contributed by atoms with E-state index in [1.165, 1.54) is 11.3 Å². The summed E-state index contributed by atoms with van der Waals surface area (Å²) in [6.07, 6.45) is 7.92. The van der Waals surface area contributed by atoms with Crippen LogP contribution in [0.3, 0.4) is 0 Å². The molecule has 26 heavy (non-hydrogen) atoms. The first kappa shape index (κ1) is 19.3. The van der Waals surface area contributed by atoms with Gasteiger partial charge in [-0.3, -0.25) is 10.1 Å². The third-order valence-electron chi connectivity index (χ3n) is 5.15. The highest BCUT2D eigenvalue weighted by atomic mass is 32.1. The minimum absolute atomic E-state index is 0.206. The Balaban J connectivity index is 1.47. The van der Waals surface area contributed by atoms with Crippen molar-refractivity contribution in [1.82, 2.24) is 10.6 Å². The van der Waals surface area contributed by atoms with Gasteiger partial charge in [-0.15, -0.1) is 11.3 Å². The van der Waals surface area contributed by atoms with E-state index < -0.39 is 0 Å². The van der Waals surface area contributed by atoms with Crippen LogP contribution in [0, 0.1) is 0 Å². The van der Waals surface area contributed by atoms with Crippen LogP contribution in [-0.4, -0.2) is 43.8 Å². The van der Waals surface area contributed by atoms with E-state index in [9.17, 15) is 9.59 Å². The Bertz CT molecular complexity index is 567. The standard InChI is InChI=1S/C19H29N3O3S/c23-18(21-19(24)20-15-6-2-1-3-7-15)14-22(12-16-8-4-10-25-16)13-17-9-5-11-26-17/h5,9,11,15-16H,1-4,6-8,10,12-14H2,(H2,20,21,23,24)/p+1/t16-/m0/s1. The quantitative estimate of drug-likeness (QED) is 0.671. The second-order valence-corrected chi connectivity index (χ2v) is 8.41. The zero-order valence-corrected chi connectivity index (χ0v) is 16.1. The molecule has 3 N–H and O–H groups in total. The van der Waals surface area contributed by atoms with Crippen LogP contribution < -0.4 is 15.5 Å². The number of carbonyl (C=O) groups is 2. The fourth-order valence-corrected chi connectivity index (χ4v) is 4.64. The lowest BCUT2D eigenvalue weighted by atomic mass is 9.96. The molecular formula is C19H30N3O3S+. The van der Waals surface area contributed by atoms with Crippen LogP contribution in [0.2, 0.25) is 0 Å². The first-order chi connectivity index (χ1) is 12.7. The molecule has 1 saturated heterocycles. The molecule has 3 amide bonds. The molecule has 2 atom stereocenters. The number of ether oxygens (including phenoxy) is 1. The van der Waals surface area contributed by atoms with E-state index in [0.717, 1.165) is 63.1 Å². The number of quaternary nitrogens is 1. The highest BCUT2D eigenvalue weighted by Crippen LogP contribution is 2.17. The van der Waals surface area contributed by atoms with Crippen molar-refractivity contribution in [1.29, 1.82) is 0 Å². The average Bonchev–Trinajstić information content (AvgIpc) is 3.29. The summed E-state index contributed by atoms with van der Waals surface area (Å²) in [5.74, 6) is -0.220. The van der Waals surface area contributed by atoms with Crippen molar-refractivity contribution < 1.29 is 19.2 Å². The number of nitrogens with one attached hydrogen (secondary N) is 3. The Morgan fingerprint density at radius 1 is 1.19 bits per heavy atom. The monoisotopic (exact) mass is 380 g/mol. The predicted octanol–water partition coefficient (Wildman–Crippen LogP) is 1.47. The van der Waals surface area contributed by atoms with Gasteiger partial charge in [0, 0.05) is 12.6 Å². The molecule has 0 spiro atoms. The van der Waals surface area contributed by atoms with Gasteiger partial charge >= 0.3 is 6.03 Å². The molecule has 1 unspecified atom stereocenters. The SMILES string of the molecule is O=C(C[NH+](Cc1cccs1)C[C@@H]1CCCO1)NC(=O)NC1CCCCC1. The molecule has 0 radical (unpaired) electrons. The first-order valence-electron chi connectivity index (χ1n) is 9.77. The van der Waals surface area contributed by atoms with Crippen molar-refractivity contribution in [2.24, 2.45) is 0 Å². The number of imide groups is 1. The summed E-state index contributed by atoms with van der Waals surface area (Å²) >= 11 is 1.70. The maximum Gasteiger partial charge on any atom is 0.321 e.